The van der Waals surface area contributed by atoms with Crippen molar-refractivity contribution in [2.24, 2.45) is 0 Å². The lowest BCUT2D eigenvalue weighted by molar-refractivity contribution is -0.0118. The van der Waals surface area contributed by atoms with Crippen LogP contribution >= 0.6 is 27.7 Å². The van der Waals surface area contributed by atoms with Crippen molar-refractivity contribution in [3.63, 3.8) is 0 Å². The standard InChI is InChI=1S/C30H35BrN2O8S/c1-17(42-21-9-7-20(31)8-10-21)40-28-22(32-30(34)33(2)35)13-18(14-25(28)36-3)23-11-12-24(41-23)19-15-26(37-4)29(39-6)27(16-19)38-5/h7-10,13-17,23-24,35H,11-12H2,1-6H3,(H,32,34). The monoisotopic (exact) mass is 662 g/mol. The Bertz CT molecular complexity index is 1360. The Morgan fingerprint density at radius 2 is 1.45 bits per heavy atom. The maximum Gasteiger partial charge on any atom is 0.345 e. The van der Waals surface area contributed by atoms with Gasteiger partial charge in [0.1, 0.15) is 5.44 Å². The molecule has 3 aromatic rings. The summed E-state index contributed by atoms with van der Waals surface area (Å²) in [7, 11) is 7.50. The Balaban J connectivity index is 1.62. The van der Waals surface area contributed by atoms with Gasteiger partial charge >= 0.3 is 6.03 Å². The summed E-state index contributed by atoms with van der Waals surface area (Å²) in [6.07, 6.45) is 0.934. The van der Waals surface area contributed by atoms with Gasteiger partial charge in [0.15, 0.2) is 23.0 Å². The Labute approximate surface area is 258 Å². The van der Waals surface area contributed by atoms with Crippen LogP contribution in [0.25, 0.3) is 0 Å². The highest BCUT2D eigenvalue weighted by atomic mass is 79.9. The maximum absolute atomic E-state index is 12.5. The summed E-state index contributed by atoms with van der Waals surface area (Å²) in [6, 6.07) is 14.6. The second-order valence-corrected chi connectivity index (χ2v) is 11.7. The molecule has 12 heteroatoms. The third-order valence-electron chi connectivity index (χ3n) is 6.68. The van der Waals surface area contributed by atoms with Crippen LogP contribution in [0.15, 0.2) is 57.9 Å². The topological polar surface area (TPSA) is 108 Å². The lowest BCUT2D eigenvalue weighted by Gasteiger charge is -2.23. The van der Waals surface area contributed by atoms with Gasteiger partial charge in [-0.05, 0) is 79.4 Å². The van der Waals surface area contributed by atoms with Crippen LogP contribution in [-0.2, 0) is 4.74 Å². The van der Waals surface area contributed by atoms with Crippen LogP contribution in [0.2, 0.25) is 0 Å². The number of benzene rings is 3. The van der Waals surface area contributed by atoms with Crippen molar-refractivity contribution in [2.75, 3.05) is 40.8 Å². The van der Waals surface area contributed by atoms with E-state index in [1.165, 1.54) is 25.9 Å². The molecule has 0 saturated carbocycles. The number of nitrogens with zero attached hydrogens (tertiary/aromatic N) is 1. The summed E-state index contributed by atoms with van der Waals surface area (Å²) in [5, 5.41) is 12.9. The van der Waals surface area contributed by atoms with Gasteiger partial charge in [0.25, 0.3) is 0 Å². The molecule has 2 amide bonds. The minimum Gasteiger partial charge on any atom is -0.493 e. The first-order chi connectivity index (χ1) is 20.2. The van der Waals surface area contributed by atoms with Crippen LogP contribution in [-0.4, -0.2) is 57.2 Å². The number of urea groups is 1. The Hall–Kier alpha value is -3.32. The Kier molecular flexibility index (Phi) is 10.7. The molecular weight excluding hydrogens is 628 g/mol. The zero-order valence-electron chi connectivity index (χ0n) is 24.3. The second-order valence-electron chi connectivity index (χ2n) is 9.46. The molecule has 2 N–H and O–H groups in total. The number of amides is 2. The average Bonchev–Trinajstić information content (AvgIpc) is 3.48. The van der Waals surface area contributed by atoms with E-state index in [9.17, 15) is 10.0 Å². The van der Waals surface area contributed by atoms with Crippen molar-refractivity contribution in [3.8, 4) is 28.7 Å². The van der Waals surface area contributed by atoms with Gasteiger partial charge in [-0.3, -0.25) is 5.21 Å². The predicted octanol–water partition coefficient (Wildman–Crippen LogP) is 7.45. The number of carbonyl (C=O) groups is 1. The van der Waals surface area contributed by atoms with Crippen LogP contribution in [0, 0.1) is 0 Å². The van der Waals surface area contributed by atoms with Gasteiger partial charge in [0.05, 0.1) is 46.3 Å². The molecular formula is C30H35BrN2O8S. The van der Waals surface area contributed by atoms with Gasteiger partial charge in [0, 0.05) is 16.4 Å². The number of nitrogens with one attached hydrogen (secondary N) is 1. The van der Waals surface area contributed by atoms with Crippen LogP contribution < -0.4 is 29.0 Å². The van der Waals surface area contributed by atoms with Crippen LogP contribution in [0.4, 0.5) is 10.5 Å². The summed E-state index contributed by atoms with van der Waals surface area (Å²) >= 11 is 4.96. The molecule has 0 spiro atoms. The summed E-state index contributed by atoms with van der Waals surface area (Å²) in [5.74, 6) is 2.38. The van der Waals surface area contributed by atoms with Gasteiger partial charge in [-0.1, -0.05) is 27.7 Å². The van der Waals surface area contributed by atoms with Gasteiger partial charge in [0.2, 0.25) is 5.75 Å². The molecule has 1 aliphatic heterocycles. The fraction of sp³-hybridized carbons (Fsp3) is 0.367. The Morgan fingerprint density at radius 3 is 1.95 bits per heavy atom. The zero-order valence-corrected chi connectivity index (χ0v) is 26.7. The minimum absolute atomic E-state index is 0.227. The molecule has 0 aromatic heterocycles. The fourth-order valence-electron chi connectivity index (χ4n) is 4.68. The summed E-state index contributed by atoms with van der Waals surface area (Å²) < 4.78 is 36.0. The van der Waals surface area contributed by atoms with Crippen LogP contribution in [0.5, 0.6) is 28.7 Å². The molecule has 0 aliphatic carbocycles. The minimum atomic E-state index is -0.727. The first-order valence-corrected chi connectivity index (χ1v) is 14.8. The Morgan fingerprint density at radius 1 is 0.929 bits per heavy atom. The number of carbonyl (C=O) groups excluding carboxylic acids is 1. The fourth-order valence-corrected chi connectivity index (χ4v) is 5.77. The van der Waals surface area contributed by atoms with Gasteiger partial charge in [-0.15, -0.1) is 0 Å². The molecule has 42 heavy (non-hydrogen) atoms. The van der Waals surface area contributed by atoms with E-state index >= 15 is 0 Å². The number of hydroxylamine groups is 2. The molecule has 1 saturated heterocycles. The highest BCUT2D eigenvalue weighted by molar-refractivity contribution is 9.10. The first kappa shape index (κ1) is 31.6. The van der Waals surface area contributed by atoms with E-state index in [1.807, 2.05) is 49.4 Å². The quantitative estimate of drug-likeness (QED) is 0.0937. The van der Waals surface area contributed by atoms with E-state index in [0.717, 1.165) is 26.9 Å². The lowest BCUT2D eigenvalue weighted by atomic mass is 10.0. The summed E-state index contributed by atoms with van der Waals surface area (Å²) in [4.78, 5) is 13.5. The van der Waals surface area contributed by atoms with E-state index in [1.54, 1.807) is 27.4 Å². The lowest BCUT2D eigenvalue weighted by Crippen LogP contribution is -2.28. The number of rotatable bonds is 11. The SMILES string of the molecule is COc1cc(C2CCC(c3cc(OC)c(OC)c(OC)c3)O2)cc(NC(=O)N(C)O)c1OC(C)Sc1ccc(Br)cc1. The van der Waals surface area contributed by atoms with Crippen molar-refractivity contribution in [2.45, 2.75) is 42.3 Å². The zero-order chi connectivity index (χ0) is 30.4. The molecule has 0 bridgehead atoms. The van der Waals surface area contributed by atoms with E-state index in [-0.39, 0.29) is 17.6 Å². The molecule has 1 fully saturated rings. The first-order valence-electron chi connectivity index (χ1n) is 13.2. The van der Waals surface area contributed by atoms with E-state index in [2.05, 4.69) is 21.2 Å². The second kappa shape index (κ2) is 14.2. The van der Waals surface area contributed by atoms with E-state index < -0.39 is 6.03 Å². The van der Waals surface area contributed by atoms with Crippen LogP contribution in [0.1, 0.15) is 43.1 Å². The number of hydrogen-bond acceptors (Lipinski definition) is 9. The molecule has 10 nitrogen and oxygen atoms in total. The molecule has 226 valence electrons. The number of thioether (sulfide) groups is 1. The largest absolute Gasteiger partial charge is 0.493 e. The number of hydrogen-bond donors (Lipinski definition) is 2. The normalized spacial score (nSPS) is 16.9. The molecule has 3 atom stereocenters. The van der Waals surface area contributed by atoms with Crippen molar-refractivity contribution >= 4 is 39.4 Å². The number of ether oxygens (including phenoxy) is 6. The smallest absolute Gasteiger partial charge is 0.345 e. The van der Waals surface area contributed by atoms with Crippen molar-refractivity contribution in [1.29, 1.82) is 0 Å². The number of anilines is 1. The maximum atomic E-state index is 12.5. The summed E-state index contributed by atoms with van der Waals surface area (Å²) in [6.45, 7) is 1.91. The molecule has 1 aliphatic rings. The molecule has 3 aromatic carbocycles. The van der Waals surface area contributed by atoms with Gasteiger partial charge in [-0.2, -0.15) is 0 Å². The summed E-state index contributed by atoms with van der Waals surface area (Å²) in [5.41, 5.74) is 1.70. The number of halogens is 1. The molecule has 3 unspecified atom stereocenters. The third kappa shape index (κ3) is 7.35. The van der Waals surface area contributed by atoms with E-state index in [4.69, 9.17) is 28.4 Å². The van der Waals surface area contributed by atoms with Crippen molar-refractivity contribution in [3.05, 3.63) is 64.1 Å². The van der Waals surface area contributed by atoms with Crippen molar-refractivity contribution in [1.82, 2.24) is 5.06 Å². The van der Waals surface area contributed by atoms with Crippen LogP contribution in [0.3, 0.4) is 0 Å². The molecule has 1 heterocycles. The average molecular weight is 664 g/mol. The van der Waals surface area contributed by atoms with E-state index in [0.29, 0.717) is 45.9 Å². The predicted molar refractivity (Wildman–Crippen MR) is 164 cm³/mol. The number of methoxy groups -OCH3 is 4. The van der Waals surface area contributed by atoms with Gasteiger partial charge in [-0.25, -0.2) is 9.86 Å². The van der Waals surface area contributed by atoms with Gasteiger partial charge < -0.3 is 33.7 Å². The highest BCUT2D eigenvalue weighted by Gasteiger charge is 2.31. The van der Waals surface area contributed by atoms with Crippen molar-refractivity contribution < 1.29 is 38.4 Å². The third-order valence-corrected chi connectivity index (χ3v) is 8.18. The molecule has 0 radical (unpaired) electrons. The molecule has 4 rings (SSSR count). The highest BCUT2D eigenvalue weighted by Crippen LogP contribution is 2.48.